The van der Waals surface area contributed by atoms with Gasteiger partial charge >= 0.3 is 6.18 Å². The van der Waals surface area contributed by atoms with E-state index >= 15 is 0 Å². The highest BCUT2D eigenvalue weighted by Crippen LogP contribution is 2.43. The zero-order valence-electron chi connectivity index (χ0n) is 12.5. The second-order valence-electron chi connectivity index (χ2n) is 5.11. The van der Waals surface area contributed by atoms with Crippen molar-refractivity contribution in [1.82, 2.24) is 0 Å². The first-order valence-electron chi connectivity index (χ1n) is 6.94. The van der Waals surface area contributed by atoms with E-state index in [1.807, 2.05) is 0 Å². The molecule has 3 rings (SSSR count). The maximum Gasteiger partial charge on any atom is 0.416 e. The monoisotopic (exact) mass is 452 g/mol. The summed E-state index contributed by atoms with van der Waals surface area (Å²) >= 11 is 9.31. The van der Waals surface area contributed by atoms with Crippen LogP contribution >= 0.6 is 27.5 Å². The summed E-state index contributed by atoms with van der Waals surface area (Å²) in [5, 5.41) is -0.0236. The molecule has 0 amide bonds. The third-order valence-electron chi connectivity index (χ3n) is 3.32. The number of benzene rings is 2. The van der Waals surface area contributed by atoms with Gasteiger partial charge in [0, 0.05) is 4.47 Å². The van der Waals surface area contributed by atoms with Gasteiger partial charge in [-0.05, 0) is 36.4 Å². The van der Waals surface area contributed by atoms with Crippen molar-refractivity contribution in [1.29, 1.82) is 0 Å². The molecule has 0 atom stereocenters. The molecule has 0 saturated heterocycles. The van der Waals surface area contributed by atoms with Gasteiger partial charge in [0.25, 0.3) is 0 Å². The normalized spacial score (nSPS) is 11.7. The molecule has 0 N–H and O–H groups in total. The topological polar surface area (TPSA) is 22.4 Å². The smallest absolute Gasteiger partial charge is 0.416 e. The second kappa shape index (κ2) is 6.92. The fourth-order valence-electron chi connectivity index (χ4n) is 2.20. The molecule has 0 bridgehead atoms. The van der Waals surface area contributed by atoms with Crippen LogP contribution in [0, 0.1) is 11.6 Å². The molecule has 0 radical (unpaired) electrons. The molecule has 0 aliphatic rings. The van der Waals surface area contributed by atoms with Crippen molar-refractivity contribution in [3.8, 4) is 22.8 Å². The van der Waals surface area contributed by atoms with E-state index in [-0.39, 0.29) is 34.2 Å². The summed E-state index contributed by atoms with van der Waals surface area (Å²) in [6.45, 7) is 0. The minimum atomic E-state index is -4.89. The van der Waals surface area contributed by atoms with Crippen molar-refractivity contribution >= 4 is 27.5 Å². The Morgan fingerprint density at radius 3 is 2.19 bits per heavy atom. The zero-order valence-corrected chi connectivity index (χ0v) is 14.8. The predicted octanol–water partition coefficient (Wildman–Crippen LogP) is 7.45. The summed E-state index contributed by atoms with van der Waals surface area (Å²) in [5.41, 5.74) is -1.21. The Morgan fingerprint density at radius 2 is 1.65 bits per heavy atom. The highest BCUT2D eigenvalue weighted by atomic mass is 79.9. The van der Waals surface area contributed by atoms with Crippen LogP contribution in [0.25, 0.3) is 11.3 Å². The van der Waals surface area contributed by atoms with Crippen LogP contribution in [-0.4, -0.2) is 0 Å². The molecule has 0 unspecified atom stereocenters. The predicted molar refractivity (Wildman–Crippen MR) is 88.3 cm³/mol. The molecule has 2 nitrogen and oxygen atoms in total. The molecule has 9 heteroatoms. The van der Waals surface area contributed by atoms with E-state index in [0.717, 1.165) is 0 Å². The Hall–Kier alpha value is -2.06. The van der Waals surface area contributed by atoms with Crippen LogP contribution in [-0.2, 0) is 6.18 Å². The van der Waals surface area contributed by atoms with Gasteiger partial charge in [-0.1, -0.05) is 27.5 Å². The van der Waals surface area contributed by atoms with Crippen LogP contribution < -0.4 is 4.74 Å². The van der Waals surface area contributed by atoms with E-state index < -0.39 is 29.1 Å². The lowest BCUT2D eigenvalue weighted by Crippen LogP contribution is -2.07. The minimum absolute atomic E-state index is 0.0236. The fourth-order valence-corrected chi connectivity index (χ4v) is 3.05. The Bertz CT molecular complexity index is 932. The molecule has 2 aromatic carbocycles. The molecule has 0 saturated carbocycles. The molecule has 26 heavy (non-hydrogen) atoms. The first kappa shape index (κ1) is 18.7. The zero-order chi connectivity index (χ0) is 19.1. The lowest BCUT2D eigenvalue weighted by Gasteiger charge is -2.15. The number of ether oxygens (including phenoxy) is 1. The molecule has 0 fully saturated rings. The summed E-state index contributed by atoms with van der Waals surface area (Å²) in [4.78, 5) is 0. The highest BCUT2D eigenvalue weighted by molar-refractivity contribution is 9.10. The van der Waals surface area contributed by atoms with Crippen molar-refractivity contribution < 1.29 is 31.1 Å². The molecule has 0 aliphatic heterocycles. The average Bonchev–Trinajstić information content (AvgIpc) is 3.05. The number of halogens is 7. The molecular formula is C17H7BrClF5O2. The van der Waals surface area contributed by atoms with Gasteiger partial charge in [-0.15, -0.1) is 0 Å². The lowest BCUT2D eigenvalue weighted by atomic mass is 10.1. The van der Waals surface area contributed by atoms with Gasteiger partial charge < -0.3 is 9.15 Å². The number of hydrogen-bond donors (Lipinski definition) is 0. The van der Waals surface area contributed by atoms with Gasteiger partial charge in [-0.25, -0.2) is 8.78 Å². The molecular weight excluding hydrogens is 447 g/mol. The van der Waals surface area contributed by atoms with E-state index in [1.54, 1.807) is 12.1 Å². The van der Waals surface area contributed by atoms with Gasteiger partial charge in [0.1, 0.15) is 5.76 Å². The lowest BCUT2D eigenvalue weighted by molar-refractivity contribution is -0.138. The third-order valence-corrected chi connectivity index (χ3v) is 4.06. The van der Waals surface area contributed by atoms with Gasteiger partial charge in [0.15, 0.2) is 23.1 Å². The molecule has 136 valence electrons. The van der Waals surface area contributed by atoms with Crippen LogP contribution in [0.2, 0.25) is 5.02 Å². The number of furan rings is 1. The van der Waals surface area contributed by atoms with Gasteiger partial charge in [-0.3, -0.25) is 0 Å². The van der Waals surface area contributed by atoms with Gasteiger partial charge in [0.2, 0.25) is 0 Å². The number of hydrogen-bond acceptors (Lipinski definition) is 2. The fraction of sp³-hybridized carbons (Fsp3) is 0.0588. The van der Waals surface area contributed by atoms with Crippen molar-refractivity contribution in [3.63, 3.8) is 0 Å². The maximum absolute atomic E-state index is 14.1. The van der Waals surface area contributed by atoms with Crippen LogP contribution in [0.5, 0.6) is 11.5 Å². The third kappa shape index (κ3) is 3.71. The minimum Gasteiger partial charge on any atom is -0.464 e. The summed E-state index contributed by atoms with van der Waals surface area (Å²) in [6, 6.07) is 6.37. The Balaban J connectivity index is 2.11. The van der Waals surface area contributed by atoms with E-state index in [9.17, 15) is 22.0 Å². The van der Waals surface area contributed by atoms with Gasteiger partial charge in [-0.2, -0.15) is 13.2 Å². The van der Waals surface area contributed by atoms with Crippen LogP contribution in [0.3, 0.4) is 0 Å². The first-order valence-corrected chi connectivity index (χ1v) is 8.11. The average molecular weight is 454 g/mol. The molecule has 1 aromatic heterocycles. The quantitative estimate of drug-likeness (QED) is 0.384. The number of rotatable bonds is 3. The van der Waals surface area contributed by atoms with Crippen molar-refractivity contribution in [3.05, 3.63) is 69.4 Å². The molecule has 3 aromatic rings. The number of alkyl halides is 3. The summed E-state index contributed by atoms with van der Waals surface area (Å²) in [5.74, 6) is -3.91. The van der Waals surface area contributed by atoms with E-state index in [1.165, 1.54) is 18.4 Å². The Labute approximate surface area is 157 Å². The van der Waals surface area contributed by atoms with E-state index in [4.69, 9.17) is 20.8 Å². The van der Waals surface area contributed by atoms with Crippen LogP contribution in [0.15, 0.2) is 51.6 Å². The Kier molecular flexibility index (Phi) is 4.98. The van der Waals surface area contributed by atoms with Crippen LogP contribution in [0.4, 0.5) is 22.0 Å². The SMILES string of the molecule is Fc1cc(C(F)(F)F)cc(F)c1Oc1c(Cl)cc(Br)cc1-c1ccco1. The summed E-state index contributed by atoms with van der Waals surface area (Å²) in [6.07, 6.45) is -3.53. The summed E-state index contributed by atoms with van der Waals surface area (Å²) < 4.78 is 77.1. The summed E-state index contributed by atoms with van der Waals surface area (Å²) in [7, 11) is 0. The highest BCUT2D eigenvalue weighted by Gasteiger charge is 2.33. The Morgan fingerprint density at radius 1 is 1.00 bits per heavy atom. The van der Waals surface area contributed by atoms with Crippen molar-refractivity contribution in [2.75, 3.05) is 0 Å². The molecule has 0 spiro atoms. The van der Waals surface area contributed by atoms with E-state index in [0.29, 0.717) is 4.47 Å². The first-order chi connectivity index (χ1) is 12.2. The second-order valence-corrected chi connectivity index (χ2v) is 6.43. The standard InChI is InChI=1S/C17H7BrClF5O2/c18-9-6-10(14-2-1-3-25-14)15(11(19)7-9)26-16-12(20)4-8(5-13(16)21)17(22,23)24/h1-7H. The van der Waals surface area contributed by atoms with E-state index in [2.05, 4.69) is 15.9 Å². The molecule has 0 aliphatic carbocycles. The largest absolute Gasteiger partial charge is 0.464 e. The van der Waals surface area contributed by atoms with Crippen molar-refractivity contribution in [2.45, 2.75) is 6.18 Å². The maximum atomic E-state index is 14.1. The van der Waals surface area contributed by atoms with Crippen LogP contribution in [0.1, 0.15) is 5.56 Å². The molecule has 1 heterocycles. The van der Waals surface area contributed by atoms with Gasteiger partial charge in [0.05, 0.1) is 22.4 Å². The van der Waals surface area contributed by atoms with Crippen molar-refractivity contribution in [2.24, 2.45) is 0 Å².